The number of nitrogen functional groups attached to an aromatic ring is 1. The lowest BCUT2D eigenvalue weighted by molar-refractivity contribution is -0.0449. The highest BCUT2D eigenvalue weighted by Crippen LogP contribution is 2.66. The summed E-state index contributed by atoms with van der Waals surface area (Å²) < 4.78 is 61.2. The summed E-state index contributed by atoms with van der Waals surface area (Å²) in [6.45, 7) is -1.24. The lowest BCUT2D eigenvalue weighted by Gasteiger charge is -2.19. The van der Waals surface area contributed by atoms with Gasteiger partial charge in [0, 0.05) is 66.6 Å². The Morgan fingerprint density at radius 1 is 1.02 bits per heavy atom. The number of carboxylic acid groups (broad SMARTS) is 1. The van der Waals surface area contributed by atoms with Gasteiger partial charge in [0.1, 0.15) is 43.6 Å². The number of nitrogens with one attached hydrogen (secondary N) is 1. The van der Waals surface area contributed by atoms with Gasteiger partial charge in [-0.05, 0) is 42.0 Å². The van der Waals surface area contributed by atoms with Crippen molar-refractivity contribution in [2.45, 2.75) is 24.9 Å². The Labute approximate surface area is 356 Å². The fourth-order valence-corrected chi connectivity index (χ4v) is 9.48. The van der Waals surface area contributed by atoms with Crippen LogP contribution >= 0.6 is 23.5 Å². The number of ether oxygens (including phenoxy) is 1. The maximum Gasteiger partial charge on any atom is 0.490 e. The summed E-state index contributed by atoms with van der Waals surface area (Å²) in [5, 5.41) is 24.9. The van der Waals surface area contributed by atoms with Gasteiger partial charge in [0.2, 0.25) is 5.36 Å². The van der Waals surface area contributed by atoms with E-state index < -0.39 is 66.1 Å². The highest BCUT2D eigenvalue weighted by Gasteiger charge is 2.43. The van der Waals surface area contributed by atoms with Crippen LogP contribution in [0.25, 0.3) is 33.4 Å². The Morgan fingerprint density at radius 2 is 1.75 bits per heavy atom. The molecule has 0 saturated carbocycles. The maximum absolute atomic E-state index is 13.5. The van der Waals surface area contributed by atoms with Crippen molar-refractivity contribution >= 4 is 57.8 Å². The number of phosphoric ester groups is 1. The van der Waals surface area contributed by atoms with Gasteiger partial charge in [-0.1, -0.05) is 11.8 Å². The SMILES string of the molecule is CN(C)c1ccc2c(-c3cc(C(=O)NCC#Cc4cn([C@H]5C[C@H](O)[C@@H](COP(=O)(O)OP(=O)(O)OP(=O)(O)O)O5)c(=O)nc4N)ccc3C(=O)O)c3ccc(=[N+](C)C)cc-3oc2c1. The molecule has 1 fully saturated rings. The van der Waals surface area contributed by atoms with E-state index in [1.165, 1.54) is 18.2 Å². The number of hydrogen-bond donors (Lipinski definition) is 8. The summed E-state index contributed by atoms with van der Waals surface area (Å²) >= 11 is 0. The van der Waals surface area contributed by atoms with E-state index in [1.807, 2.05) is 74.1 Å². The second-order valence-electron chi connectivity index (χ2n) is 14.2. The molecule has 23 nitrogen and oxygen atoms in total. The number of aromatic carboxylic acids is 1. The van der Waals surface area contributed by atoms with Crippen molar-refractivity contribution in [3.8, 4) is 34.3 Å². The third-order valence-corrected chi connectivity index (χ3v) is 13.2. The second kappa shape index (κ2) is 18.3. The van der Waals surface area contributed by atoms with Crippen molar-refractivity contribution in [1.29, 1.82) is 0 Å². The molecule has 2 unspecified atom stereocenters. The van der Waals surface area contributed by atoms with E-state index in [0.717, 1.165) is 21.8 Å². The number of aromatic nitrogens is 2. The minimum atomic E-state index is -5.79. The average Bonchev–Trinajstić information content (AvgIpc) is 3.55. The minimum absolute atomic E-state index is 0.00477. The van der Waals surface area contributed by atoms with Gasteiger partial charge in [0.25, 0.3) is 5.91 Å². The molecule has 5 atom stereocenters. The van der Waals surface area contributed by atoms with Crippen LogP contribution in [0.4, 0.5) is 11.5 Å². The molecule has 1 aliphatic carbocycles. The van der Waals surface area contributed by atoms with Crippen LogP contribution < -0.4 is 31.6 Å². The smallest absolute Gasteiger partial charge is 0.478 e. The number of aliphatic hydroxyl groups excluding tert-OH is 1. The molecule has 1 amide bonds. The van der Waals surface area contributed by atoms with Gasteiger partial charge in [0.15, 0.2) is 0 Å². The molecule has 0 radical (unpaired) electrons. The van der Waals surface area contributed by atoms with Crippen LogP contribution in [-0.2, 0) is 31.6 Å². The van der Waals surface area contributed by atoms with Gasteiger partial charge < -0.3 is 54.9 Å². The highest BCUT2D eigenvalue weighted by atomic mass is 31.3. The topological polar surface area (TPSA) is 336 Å². The molecule has 2 aliphatic heterocycles. The van der Waals surface area contributed by atoms with Crippen molar-refractivity contribution in [1.82, 2.24) is 19.4 Å². The average molecular weight is 934 g/mol. The number of carbonyl (C=O) groups is 2. The number of amides is 1. The number of aliphatic hydroxyl groups is 1. The van der Waals surface area contributed by atoms with Crippen LogP contribution in [0.1, 0.15) is 38.9 Å². The van der Waals surface area contributed by atoms with Crippen LogP contribution in [-0.4, -0.2) is 105 Å². The molecule has 2 aromatic carbocycles. The third kappa shape index (κ3) is 11.2. The predicted octanol–water partition coefficient (Wildman–Crippen LogP) is 1.91. The Bertz CT molecular complexity index is 2950. The monoisotopic (exact) mass is 933 g/mol. The molecule has 6 rings (SSSR count). The number of fused-ring (bicyclic) bond motifs is 2. The first-order valence-corrected chi connectivity index (χ1v) is 22.8. The zero-order valence-electron chi connectivity index (χ0n) is 33.5. The Kier molecular flexibility index (Phi) is 13.6. The molecular formula is C37H40N6O17P3+. The fraction of sp³-hybridized carbons (Fsp3) is 0.270. The first-order chi connectivity index (χ1) is 29.4. The zero-order chi connectivity index (χ0) is 46.2. The van der Waals surface area contributed by atoms with Gasteiger partial charge in [-0.15, -0.1) is 0 Å². The van der Waals surface area contributed by atoms with Crippen LogP contribution in [0, 0.1) is 11.8 Å². The van der Waals surface area contributed by atoms with Crippen molar-refractivity contribution < 1.29 is 75.4 Å². The van der Waals surface area contributed by atoms with Crippen LogP contribution in [0.15, 0.2) is 70.0 Å². The molecular weight excluding hydrogens is 893 g/mol. The number of phosphoric acid groups is 3. The third-order valence-electron chi connectivity index (χ3n) is 9.38. The van der Waals surface area contributed by atoms with Crippen molar-refractivity contribution in [2.24, 2.45) is 0 Å². The molecule has 0 bridgehead atoms. The van der Waals surface area contributed by atoms with Crippen LogP contribution in [0.2, 0.25) is 0 Å². The summed E-state index contributed by atoms with van der Waals surface area (Å²) in [4.78, 5) is 81.0. The molecule has 26 heteroatoms. The van der Waals surface area contributed by atoms with Crippen LogP contribution in [0.3, 0.4) is 0 Å². The number of carboxylic acids is 1. The van der Waals surface area contributed by atoms with E-state index in [1.54, 1.807) is 0 Å². The number of rotatable bonds is 13. The maximum atomic E-state index is 13.5. The Balaban J connectivity index is 1.21. The van der Waals surface area contributed by atoms with Gasteiger partial charge >= 0.3 is 35.1 Å². The molecule has 9 N–H and O–H groups in total. The van der Waals surface area contributed by atoms with E-state index in [0.29, 0.717) is 27.9 Å². The molecule has 63 heavy (non-hydrogen) atoms. The summed E-state index contributed by atoms with van der Waals surface area (Å²) in [6.07, 6.45) is -3.32. The highest BCUT2D eigenvalue weighted by molar-refractivity contribution is 7.66. The minimum Gasteiger partial charge on any atom is -0.478 e. The van der Waals surface area contributed by atoms with Gasteiger partial charge in [-0.2, -0.15) is 13.6 Å². The number of anilines is 2. The van der Waals surface area contributed by atoms with E-state index in [4.69, 9.17) is 24.7 Å². The first-order valence-electron chi connectivity index (χ1n) is 18.3. The molecule has 3 aliphatic rings. The summed E-state index contributed by atoms with van der Waals surface area (Å²) in [5.41, 5.74) is 7.79. The largest absolute Gasteiger partial charge is 0.490 e. The van der Waals surface area contributed by atoms with Gasteiger partial charge in [-0.3, -0.25) is 13.9 Å². The lowest BCUT2D eigenvalue weighted by atomic mass is 9.89. The standard InChI is InChI=1S/C37H39N6O17P3/c1-41(2)22-8-11-25-29(15-22)57-30-16-23(42(3)4)9-12-26(30)33(25)27-14-20(7-10-24(27)36(46)47)35(45)39-13-5-6-21-18-43(37(48)40-34(21)38)32-17-28(44)31(58-32)19-56-62(52,53)60-63(54,55)59-61(49,50)51/h7-12,14-16,18,28,31-32,44H,13,17,19H2,1-4H3,(H7-,38,39,40,45,46,47,48,49,50,51,52,53,54,55)/p+1/t28-,31+,32+/m0/s1. The predicted molar refractivity (Wildman–Crippen MR) is 223 cm³/mol. The van der Waals surface area contributed by atoms with E-state index in [9.17, 15) is 48.1 Å². The fourth-order valence-electron chi connectivity index (χ4n) is 6.45. The van der Waals surface area contributed by atoms with Gasteiger partial charge in [0.05, 0.1) is 36.4 Å². The Morgan fingerprint density at radius 3 is 2.41 bits per heavy atom. The normalized spacial score (nSPS) is 18.3. The first kappa shape index (κ1) is 46.9. The zero-order valence-corrected chi connectivity index (χ0v) is 36.2. The van der Waals surface area contributed by atoms with Crippen molar-refractivity contribution in [2.75, 3.05) is 52.0 Å². The number of nitrogens with zero attached hydrogens (tertiary/aromatic N) is 4. The van der Waals surface area contributed by atoms with E-state index in [2.05, 4.69) is 35.3 Å². The van der Waals surface area contributed by atoms with E-state index >= 15 is 0 Å². The lowest BCUT2D eigenvalue weighted by Crippen LogP contribution is -2.29. The van der Waals surface area contributed by atoms with Crippen molar-refractivity contribution in [3.63, 3.8) is 0 Å². The van der Waals surface area contributed by atoms with Crippen LogP contribution in [0.5, 0.6) is 0 Å². The second-order valence-corrected chi connectivity index (χ2v) is 18.6. The number of benzene rings is 3. The van der Waals surface area contributed by atoms with E-state index in [-0.39, 0.29) is 41.0 Å². The summed E-state index contributed by atoms with van der Waals surface area (Å²) in [7, 11) is -9.44. The number of hydrogen-bond acceptors (Lipinski definition) is 15. The number of nitrogens with two attached hydrogens (primary N) is 1. The molecule has 3 heterocycles. The molecule has 3 aromatic rings. The molecule has 1 saturated heterocycles. The number of carbonyl (C=O) groups excluding carboxylic acids is 1. The summed E-state index contributed by atoms with van der Waals surface area (Å²) in [6, 6.07) is 15.3. The molecule has 334 valence electrons. The van der Waals surface area contributed by atoms with Gasteiger partial charge in [-0.25, -0.2) is 27.9 Å². The quantitative estimate of drug-likeness (QED) is 0.0362. The molecule has 1 aromatic heterocycles. The van der Waals surface area contributed by atoms with Crippen molar-refractivity contribution in [3.05, 3.63) is 93.3 Å². The molecule has 0 spiro atoms. The summed E-state index contributed by atoms with van der Waals surface area (Å²) in [5.74, 6) is 3.76. The Hall–Kier alpha value is -5.56.